The van der Waals surface area contributed by atoms with Crippen LogP contribution in [0.2, 0.25) is 0 Å². The van der Waals surface area contributed by atoms with Crippen LogP contribution in [0.1, 0.15) is 11.1 Å². The van der Waals surface area contributed by atoms with Crippen molar-refractivity contribution in [2.75, 3.05) is 0 Å². The van der Waals surface area contributed by atoms with Gasteiger partial charge in [0.15, 0.2) is 42.1 Å². The van der Waals surface area contributed by atoms with Gasteiger partial charge in [-0.2, -0.15) is 26.3 Å². The lowest BCUT2D eigenvalue weighted by Gasteiger charge is -2.12. The number of rotatable bonds is 7. The van der Waals surface area contributed by atoms with Gasteiger partial charge in [-0.25, -0.2) is 16.8 Å². The molecule has 0 saturated heterocycles. The zero-order valence-electron chi connectivity index (χ0n) is 26.4. The van der Waals surface area contributed by atoms with Crippen molar-refractivity contribution >= 4 is 42.9 Å². The van der Waals surface area contributed by atoms with E-state index in [1.807, 2.05) is 11.8 Å². The van der Waals surface area contributed by atoms with Crippen molar-refractivity contribution in [2.24, 2.45) is 0 Å². The second-order valence-electron chi connectivity index (χ2n) is 10.1. The summed E-state index contributed by atoms with van der Waals surface area (Å²) in [7, 11) is -12.3. The molecular weight excluding hydrogens is 874 g/mol. The average Bonchev–Trinajstić information content (AvgIpc) is 3.04. The van der Waals surface area contributed by atoms with Crippen molar-refractivity contribution in [1.29, 1.82) is 0 Å². The number of aryl methyl sites for hydroxylation is 2. The first kappa shape index (κ1) is 42.3. The van der Waals surface area contributed by atoms with Crippen molar-refractivity contribution in [3.63, 3.8) is 0 Å². The topological polar surface area (TPSA) is 114 Å². The quantitative estimate of drug-likeness (QED) is 0.0670. The van der Waals surface area contributed by atoms with Gasteiger partial charge in [0.1, 0.15) is 0 Å². The molecule has 0 radical (unpaired) electrons. The first-order valence-corrected chi connectivity index (χ1v) is 21.2. The predicted molar refractivity (Wildman–Crippen MR) is 177 cm³/mol. The van der Waals surface area contributed by atoms with Crippen LogP contribution in [-0.4, -0.2) is 37.0 Å². The molecule has 0 aliphatic heterocycles. The lowest BCUT2D eigenvalue weighted by atomic mass is 10.2. The van der Waals surface area contributed by atoms with Crippen LogP contribution < -0.4 is 21.2 Å². The molecule has 272 valence electrons. The molecule has 0 saturated carbocycles. The van der Waals surface area contributed by atoms with E-state index in [4.69, 9.17) is 25.9 Å². The molecule has 0 unspecified atom stereocenters. The molecule has 5 rings (SSSR count). The molecule has 0 atom stereocenters. The summed E-state index contributed by atoms with van der Waals surface area (Å²) in [5, 5.41) is 0. The molecule has 0 amide bonds. The molecule has 17 heteroatoms. The molecule has 0 N–H and O–H groups in total. The molecule has 51 heavy (non-hydrogen) atoms. The average molecular weight is 901 g/mol. The minimum Gasteiger partial charge on any atom is -0.741 e. The second kappa shape index (κ2) is 18.1. The lowest BCUT2D eigenvalue weighted by Crippen LogP contribution is -3.61. The van der Waals surface area contributed by atoms with Crippen LogP contribution in [0, 0.1) is 21.0 Å². The van der Waals surface area contributed by atoms with E-state index in [0.717, 1.165) is 0 Å². The fraction of sp³-hybridized carbons (Fsp3) is 0.118. The highest BCUT2D eigenvalue weighted by Crippen LogP contribution is 2.36. The van der Waals surface area contributed by atoms with Crippen LogP contribution in [0.15, 0.2) is 152 Å². The Balaban J connectivity index is 0.000000366. The van der Waals surface area contributed by atoms with E-state index in [-0.39, 0.29) is 32.1 Å². The van der Waals surface area contributed by atoms with Gasteiger partial charge in [0.2, 0.25) is 0 Å². The van der Waals surface area contributed by atoms with E-state index < -0.39 is 31.3 Å². The molecule has 6 nitrogen and oxygen atoms in total. The van der Waals surface area contributed by atoms with Crippen molar-refractivity contribution in [1.82, 2.24) is 0 Å². The highest BCUT2D eigenvalue weighted by atomic mass is 127. The zero-order valence-corrected chi connectivity index (χ0v) is 31.8. The summed E-state index contributed by atoms with van der Waals surface area (Å²) in [4.78, 5) is 6.73. The fourth-order valence-corrected chi connectivity index (χ4v) is 9.28. The SMILES string of the molecule is Cc1ccccc1[S+](c1ccc(Sc2ccc([I+]c3ccccc3)cc2)cc1)c1ccccc1C.O=S(=O)([O-])C(F)(F)F.O=S(=O)([O-])C(F)(F)F. The van der Waals surface area contributed by atoms with E-state index in [9.17, 15) is 26.3 Å². The standard InChI is InChI=1S/C32H27IS2.2CHF3O3S/c1-24-10-6-8-14-31(24)35(32-15-9-7-11-25(32)2)30-22-20-29(21-23-30)34-28-18-16-27(17-19-28)33-26-12-4-3-5-13-26;2*2-1(3,4)8(5,6)7/h3-23H,1-2H3;2*(H,5,6,7)/q+2;;/p-2. The summed E-state index contributed by atoms with van der Waals surface area (Å²) >= 11 is 1.72. The van der Waals surface area contributed by atoms with Crippen LogP contribution in [0.5, 0.6) is 0 Å². The van der Waals surface area contributed by atoms with E-state index in [1.165, 1.54) is 42.7 Å². The highest BCUT2D eigenvalue weighted by molar-refractivity contribution is 7.99. The van der Waals surface area contributed by atoms with E-state index in [0.29, 0.717) is 0 Å². The summed E-state index contributed by atoms with van der Waals surface area (Å²) in [6, 6.07) is 46.7. The molecule has 0 aromatic heterocycles. The number of hydrogen-bond donors (Lipinski definition) is 0. The molecule has 0 aliphatic carbocycles. The summed E-state index contributed by atoms with van der Waals surface area (Å²) < 4.78 is 121. The molecule has 0 fully saturated rings. The Morgan fingerprint density at radius 2 is 0.863 bits per heavy atom. The van der Waals surface area contributed by atoms with Crippen LogP contribution >= 0.6 is 11.8 Å². The Morgan fingerprint density at radius 1 is 0.529 bits per heavy atom. The van der Waals surface area contributed by atoms with Crippen molar-refractivity contribution < 1.29 is 73.5 Å². The van der Waals surface area contributed by atoms with Gasteiger partial charge in [0, 0.05) is 20.9 Å². The molecule has 0 bridgehead atoms. The van der Waals surface area contributed by atoms with Gasteiger partial charge >= 0.3 is 32.2 Å². The maximum atomic E-state index is 10.7. The van der Waals surface area contributed by atoms with Gasteiger partial charge < -0.3 is 9.11 Å². The molecular formula is C34H27F6IO6S4. The highest BCUT2D eigenvalue weighted by Gasteiger charge is 2.37. The first-order chi connectivity index (χ1) is 23.7. The van der Waals surface area contributed by atoms with Gasteiger partial charge in [-0.05, 0) is 86.6 Å². The Hall–Kier alpha value is -3.07. The molecule has 0 heterocycles. The summed E-state index contributed by atoms with van der Waals surface area (Å²) in [5.74, 6) is 0. The third kappa shape index (κ3) is 13.1. The molecule has 5 aromatic carbocycles. The summed E-state index contributed by atoms with van der Waals surface area (Å²) in [6.07, 6.45) is 0. The second-order valence-corrected chi connectivity index (χ2v) is 18.9. The van der Waals surface area contributed by atoms with Crippen LogP contribution in [0.25, 0.3) is 0 Å². The Labute approximate surface area is 309 Å². The molecule has 5 aromatic rings. The summed E-state index contributed by atoms with van der Waals surface area (Å²) in [5.41, 5.74) is -8.60. The van der Waals surface area contributed by atoms with Gasteiger partial charge in [-0.1, -0.05) is 66.4 Å². The van der Waals surface area contributed by atoms with Crippen molar-refractivity contribution in [3.8, 4) is 0 Å². The number of alkyl halides is 6. The Morgan fingerprint density at radius 3 is 1.24 bits per heavy atom. The van der Waals surface area contributed by atoms with E-state index in [1.54, 1.807) is 0 Å². The van der Waals surface area contributed by atoms with Crippen molar-refractivity contribution in [2.45, 2.75) is 49.3 Å². The maximum Gasteiger partial charge on any atom is 0.485 e. The van der Waals surface area contributed by atoms with E-state index >= 15 is 0 Å². The minimum atomic E-state index is -6.09. The molecule has 0 aliphatic rings. The van der Waals surface area contributed by atoms with Gasteiger partial charge in [-0.3, -0.25) is 0 Å². The first-order valence-electron chi connectivity index (χ1n) is 14.1. The van der Waals surface area contributed by atoms with Gasteiger partial charge in [0.25, 0.3) is 0 Å². The van der Waals surface area contributed by atoms with Crippen LogP contribution in [0.4, 0.5) is 26.3 Å². The predicted octanol–water partition coefficient (Wildman–Crippen LogP) is 5.78. The van der Waals surface area contributed by atoms with Gasteiger partial charge in [-0.15, -0.1) is 0 Å². The number of benzene rings is 5. The number of hydrogen-bond acceptors (Lipinski definition) is 7. The fourth-order valence-electron chi connectivity index (χ4n) is 3.89. The normalized spacial score (nSPS) is 12.0. The summed E-state index contributed by atoms with van der Waals surface area (Å²) in [6.45, 7) is 4.45. The smallest absolute Gasteiger partial charge is 0.485 e. The third-order valence-corrected chi connectivity index (χ3v) is 13.6. The van der Waals surface area contributed by atoms with Crippen LogP contribution in [-0.2, 0) is 31.1 Å². The maximum absolute atomic E-state index is 10.7. The van der Waals surface area contributed by atoms with Crippen LogP contribution in [0.3, 0.4) is 0 Å². The van der Waals surface area contributed by atoms with E-state index in [2.05, 4.69) is 141 Å². The molecule has 0 spiro atoms. The number of halogens is 7. The Bertz CT molecular complexity index is 2010. The largest absolute Gasteiger partial charge is 0.741 e. The van der Waals surface area contributed by atoms with Crippen molar-refractivity contribution in [3.05, 3.63) is 146 Å². The third-order valence-electron chi connectivity index (χ3n) is 6.25. The minimum absolute atomic E-state index is 0.116. The zero-order chi connectivity index (χ0) is 38.0. The Kier molecular flexibility index (Phi) is 15.0. The van der Waals surface area contributed by atoms with Gasteiger partial charge in [0.05, 0.1) is 10.9 Å². The lowest BCUT2D eigenvalue weighted by molar-refractivity contribution is -0.597. The monoisotopic (exact) mass is 900 g/mol.